The van der Waals surface area contributed by atoms with E-state index in [9.17, 15) is 0 Å². The van der Waals surface area contributed by atoms with E-state index in [0.29, 0.717) is 0 Å². The maximum Gasteiger partial charge on any atom is 0.287 e. The summed E-state index contributed by atoms with van der Waals surface area (Å²) in [6.45, 7) is 2.23. The van der Waals surface area contributed by atoms with Crippen LogP contribution in [0, 0.1) is 6.92 Å². The normalized spacial score (nSPS) is 12.7. The van der Waals surface area contributed by atoms with Gasteiger partial charge in [0.2, 0.25) is 0 Å². The molecule has 0 fully saturated rings. The molecule has 5 rings (SSSR count). The Kier molecular flexibility index (Phi) is 2.55. The number of nitrogens with zero attached hydrogens (tertiary/aromatic N) is 3. The van der Waals surface area contributed by atoms with E-state index in [0.717, 1.165) is 5.52 Å². The summed E-state index contributed by atoms with van der Waals surface area (Å²) in [5, 5.41) is 3.83. The number of benzene rings is 3. The first-order valence-corrected chi connectivity index (χ1v) is 8.20. The second-order valence-electron chi connectivity index (χ2n) is 6.55. The van der Waals surface area contributed by atoms with Gasteiger partial charge in [-0.15, -0.1) is 0 Å². The van der Waals surface area contributed by atoms with Crippen LogP contribution in [0.5, 0.6) is 0 Å². The maximum atomic E-state index is 4.62. The SMILES string of the molecule is Cc1c2c(cc3ccccc13)N(C)c1cccc3nc[n+](C)c-2c13. The Morgan fingerprint density at radius 2 is 1.83 bits per heavy atom. The number of anilines is 2. The molecule has 3 nitrogen and oxygen atoms in total. The van der Waals surface area contributed by atoms with Gasteiger partial charge >= 0.3 is 0 Å². The van der Waals surface area contributed by atoms with Crippen LogP contribution in [0.2, 0.25) is 0 Å². The summed E-state index contributed by atoms with van der Waals surface area (Å²) in [6.07, 6.45) is 1.92. The fourth-order valence-electron chi connectivity index (χ4n) is 4.05. The zero-order chi connectivity index (χ0) is 16.4. The first-order chi connectivity index (χ1) is 11.7. The highest BCUT2D eigenvalue weighted by molar-refractivity contribution is 6.11. The molecule has 0 N–H and O–H groups in total. The van der Waals surface area contributed by atoms with E-state index in [2.05, 4.69) is 84.0 Å². The molecule has 0 atom stereocenters. The Morgan fingerprint density at radius 1 is 1.00 bits per heavy atom. The highest BCUT2D eigenvalue weighted by atomic mass is 15.1. The molecular formula is C21H18N3+. The van der Waals surface area contributed by atoms with Crippen molar-refractivity contribution in [1.29, 1.82) is 0 Å². The van der Waals surface area contributed by atoms with Crippen LogP contribution in [0.3, 0.4) is 0 Å². The second-order valence-corrected chi connectivity index (χ2v) is 6.55. The van der Waals surface area contributed by atoms with E-state index >= 15 is 0 Å². The van der Waals surface area contributed by atoms with Crippen LogP contribution in [0.1, 0.15) is 5.56 Å². The van der Waals surface area contributed by atoms with Crippen LogP contribution in [0.25, 0.3) is 32.9 Å². The van der Waals surface area contributed by atoms with Gasteiger partial charge in [0.15, 0.2) is 5.52 Å². The van der Waals surface area contributed by atoms with Crippen LogP contribution >= 0.6 is 0 Å². The molecule has 0 unspecified atom stereocenters. The van der Waals surface area contributed by atoms with Crippen molar-refractivity contribution in [2.24, 2.45) is 7.05 Å². The van der Waals surface area contributed by atoms with Crippen molar-refractivity contribution in [3.63, 3.8) is 0 Å². The standard InChI is InChI=1S/C21H18N3/c1-13-15-8-5-4-7-14(15)11-18-19(13)21-20-16(22-12-23(21)2)9-6-10-17(20)24(18)3/h4-12H,1-3H3/q+1. The average Bonchev–Trinajstić information content (AvgIpc) is 2.61. The molecule has 0 saturated heterocycles. The zero-order valence-electron chi connectivity index (χ0n) is 14.0. The molecule has 3 heteroatoms. The van der Waals surface area contributed by atoms with Gasteiger partial charge in [0.05, 0.1) is 23.8 Å². The molecule has 1 aliphatic heterocycles. The van der Waals surface area contributed by atoms with E-state index in [4.69, 9.17) is 0 Å². The number of aryl methyl sites for hydroxylation is 2. The zero-order valence-corrected chi connectivity index (χ0v) is 14.0. The lowest BCUT2D eigenvalue weighted by Crippen LogP contribution is -2.34. The lowest BCUT2D eigenvalue weighted by molar-refractivity contribution is -0.662. The number of hydrogen-bond donors (Lipinski definition) is 0. The fourth-order valence-corrected chi connectivity index (χ4v) is 4.05. The summed E-state index contributed by atoms with van der Waals surface area (Å²) in [6, 6.07) is 17.3. The maximum absolute atomic E-state index is 4.62. The van der Waals surface area contributed by atoms with E-state index in [-0.39, 0.29) is 0 Å². The Labute approximate surface area is 140 Å². The van der Waals surface area contributed by atoms with Gasteiger partial charge in [-0.1, -0.05) is 30.3 Å². The summed E-state index contributed by atoms with van der Waals surface area (Å²) < 4.78 is 2.15. The van der Waals surface area contributed by atoms with Gasteiger partial charge in [-0.2, -0.15) is 0 Å². The van der Waals surface area contributed by atoms with Gasteiger partial charge in [-0.25, -0.2) is 4.57 Å². The molecule has 0 radical (unpaired) electrons. The lowest BCUT2D eigenvalue weighted by atomic mass is 9.90. The number of hydrogen-bond acceptors (Lipinski definition) is 2. The third-order valence-electron chi connectivity index (χ3n) is 5.23. The monoisotopic (exact) mass is 312 g/mol. The predicted molar refractivity (Wildman–Crippen MR) is 98.7 cm³/mol. The highest BCUT2D eigenvalue weighted by Gasteiger charge is 2.30. The summed E-state index contributed by atoms with van der Waals surface area (Å²) in [5.41, 5.74) is 7.41. The molecule has 4 aromatic rings. The molecule has 1 aromatic heterocycles. The predicted octanol–water partition coefficient (Wildman–Crippen LogP) is 4.27. The Hall–Kier alpha value is -2.94. The Bertz CT molecular complexity index is 1140. The summed E-state index contributed by atoms with van der Waals surface area (Å²) in [4.78, 5) is 6.92. The Balaban J connectivity index is 2.06. The van der Waals surface area contributed by atoms with Crippen LogP contribution in [0.15, 0.2) is 54.9 Å². The molecule has 0 aliphatic carbocycles. The number of fused-ring (bicyclic) bond motifs is 3. The van der Waals surface area contributed by atoms with Crippen LogP contribution in [0.4, 0.5) is 11.4 Å². The van der Waals surface area contributed by atoms with Gasteiger partial charge in [-0.05, 0) is 46.4 Å². The van der Waals surface area contributed by atoms with E-state index in [1.165, 1.54) is 44.4 Å². The minimum atomic E-state index is 1.05. The van der Waals surface area contributed by atoms with Gasteiger partial charge in [0.1, 0.15) is 5.69 Å². The first-order valence-electron chi connectivity index (χ1n) is 8.20. The molecule has 0 amide bonds. The van der Waals surface area contributed by atoms with E-state index in [1.807, 2.05) is 6.33 Å². The van der Waals surface area contributed by atoms with Gasteiger partial charge in [-0.3, -0.25) is 0 Å². The molecule has 0 bridgehead atoms. The van der Waals surface area contributed by atoms with Crippen LogP contribution in [-0.2, 0) is 7.05 Å². The molecule has 116 valence electrons. The van der Waals surface area contributed by atoms with Crippen molar-refractivity contribution >= 4 is 33.1 Å². The number of aromatic nitrogens is 2. The number of rotatable bonds is 0. The van der Waals surface area contributed by atoms with Crippen molar-refractivity contribution in [3.05, 3.63) is 60.4 Å². The molecule has 2 heterocycles. The minimum Gasteiger partial charge on any atom is -0.343 e. The van der Waals surface area contributed by atoms with Gasteiger partial charge in [0.25, 0.3) is 6.33 Å². The highest BCUT2D eigenvalue weighted by Crippen LogP contribution is 2.47. The van der Waals surface area contributed by atoms with Crippen molar-refractivity contribution in [2.75, 3.05) is 11.9 Å². The summed E-state index contributed by atoms with van der Waals surface area (Å²) in [5.74, 6) is 0. The van der Waals surface area contributed by atoms with Crippen molar-refractivity contribution in [2.45, 2.75) is 6.92 Å². The minimum absolute atomic E-state index is 1.05. The summed E-state index contributed by atoms with van der Waals surface area (Å²) in [7, 11) is 4.24. The lowest BCUT2D eigenvalue weighted by Gasteiger charge is -2.30. The molecule has 0 spiro atoms. The van der Waals surface area contributed by atoms with Crippen molar-refractivity contribution < 1.29 is 4.57 Å². The Morgan fingerprint density at radius 3 is 2.71 bits per heavy atom. The smallest absolute Gasteiger partial charge is 0.287 e. The molecule has 3 aromatic carbocycles. The fraction of sp³-hybridized carbons (Fsp3) is 0.143. The topological polar surface area (TPSA) is 20.0 Å². The first kappa shape index (κ1) is 13.5. The van der Waals surface area contributed by atoms with E-state index in [1.54, 1.807) is 0 Å². The van der Waals surface area contributed by atoms with Gasteiger partial charge < -0.3 is 4.90 Å². The quantitative estimate of drug-likeness (QED) is 0.452. The average molecular weight is 312 g/mol. The van der Waals surface area contributed by atoms with Crippen LogP contribution < -0.4 is 9.47 Å². The third kappa shape index (κ3) is 1.56. The summed E-state index contributed by atoms with van der Waals surface area (Å²) >= 11 is 0. The third-order valence-corrected chi connectivity index (χ3v) is 5.23. The molecule has 0 saturated carbocycles. The van der Waals surface area contributed by atoms with Crippen molar-refractivity contribution in [1.82, 2.24) is 4.98 Å². The van der Waals surface area contributed by atoms with Crippen molar-refractivity contribution in [3.8, 4) is 11.3 Å². The van der Waals surface area contributed by atoms with Gasteiger partial charge in [0, 0.05) is 12.6 Å². The molecule has 24 heavy (non-hydrogen) atoms. The molecular weight excluding hydrogens is 294 g/mol. The van der Waals surface area contributed by atoms with E-state index < -0.39 is 0 Å². The molecule has 1 aliphatic rings. The second kappa shape index (κ2) is 4.54. The largest absolute Gasteiger partial charge is 0.343 e. The van der Waals surface area contributed by atoms with Crippen LogP contribution in [-0.4, -0.2) is 12.0 Å².